The molecule has 1 heterocycles. The molecule has 1 amide bonds. The molecule has 3 aromatic carbocycles. The molecule has 1 N–H and O–H groups in total. The van der Waals surface area contributed by atoms with E-state index in [4.69, 9.17) is 11.6 Å². The molecule has 0 atom stereocenters. The molecule has 4 aromatic rings. The summed E-state index contributed by atoms with van der Waals surface area (Å²) in [6, 6.07) is 13.0. The lowest BCUT2D eigenvalue weighted by Gasteiger charge is -2.14. The Bertz CT molecular complexity index is 1410. The van der Waals surface area contributed by atoms with Crippen molar-refractivity contribution in [2.24, 2.45) is 0 Å². The van der Waals surface area contributed by atoms with E-state index < -0.39 is 17.2 Å². The van der Waals surface area contributed by atoms with Crippen LogP contribution in [0.15, 0.2) is 70.6 Å². The summed E-state index contributed by atoms with van der Waals surface area (Å²) < 4.78 is 42.0. The predicted molar refractivity (Wildman–Crippen MR) is 121 cm³/mol. The molecule has 0 aliphatic rings. The number of carbonyl (C=O) groups excluding carboxylic acids is 1. The highest BCUT2D eigenvalue weighted by Gasteiger charge is 2.18. The van der Waals surface area contributed by atoms with E-state index in [2.05, 4.69) is 10.3 Å². The Morgan fingerprint density at radius 3 is 2.45 bits per heavy atom. The number of aromatic nitrogens is 2. The third-order valence-corrected chi connectivity index (χ3v) is 5.86. The van der Waals surface area contributed by atoms with Crippen LogP contribution in [-0.4, -0.2) is 21.2 Å². The van der Waals surface area contributed by atoms with Crippen molar-refractivity contribution in [2.45, 2.75) is 11.7 Å². The Hall–Kier alpha value is -3.30. The Balaban J connectivity index is 1.64. The lowest BCUT2D eigenvalue weighted by atomic mass is 10.2. The van der Waals surface area contributed by atoms with Crippen molar-refractivity contribution < 1.29 is 18.0 Å². The van der Waals surface area contributed by atoms with Gasteiger partial charge in [0.25, 0.3) is 5.56 Å². The van der Waals surface area contributed by atoms with Crippen LogP contribution in [-0.2, 0) is 11.3 Å². The molecule has 33 heavy (non-hydrogen) atoms. The van der Waals surface area contributed by atoms with Crippen molar-refractivity contribution in [1.29, 1.82) is 0 Å². The average Bonchev–Trinajstić information content (AvgIpc) is 2.78. The number of nitrogens with zero attached hydrogens (tertiary/aromatic N) is 2. The first-order valence-electron chi connectivity index (χ1n) is 9.63. The van der Waals surface area contributed by atoms with Crippen LogP contribution < -0.4 is 10.9 Å². The monoisotopic (exact) mass is 489 g/mol. The standard InChI is InChI=1S/C23H15ClF3N3O2S/c24-14-3-7-19-17(9-14)22(32)30(20-8-6-16(26)10-18(20)27)23(29-19)33-12-21(31)28-11-13-1-4-15(25)5-2-13/h1-10H,11-12H2,(H,28,31). The van der Waals surface area contributed by atoms with Crippen LogP contribution in [0.25, 0.3) is 16.6 Å². The number of carbonyl (C=O) groups is 1. The van der Waals surface area contributed by atoms with Gasteiger partial charge in [0.2, 0.25) is 5.91 Å². The SMILES string of the molecule is O=C(CSc1nc2ccc(Cl)cc2c(=O)n1-c1ccc(F)cc1F)NCc1ccc(F)cc1. The minimum Gasteiger partial charge on any atom is -0.351 e. The van der Waals surface area contributed by atoms with Gasteiger partial charge in [-0.15, -0.1) is 0 Å². The van der Waals surface area contributed by atoms with Crippen molar-refractivity contribution in [3.63, 3.8) is 0 Å². The van der Waals surface area contributed by atoms with E-state index in [1.807, 2.05) is 0 Å². The zero-order chi connectivity index (χ0) is 23.5. The molecule has 168 valence electrons. The molecule has 0 unspecified atom stereocenters. The third-order valence-electron chi connectivity index (χ3n) is 4.69. The number of nitrogens with one attached hydrogen (secondary N) is 1. The fourth-order valence-electron chi connectivity index (χ4n) is 3.09. The molecular weight excluding hydrogens is 475 g/mol. The lowest BCUT2D eigenvalue weighted by molar-refractivity contribution is -0.118. The van der Waals surface area contributed by atoms with Crippen molar-refractivity contribution in [1.82, 2.24) is 14.9 Å². The molecule has 0 fully saturated rings. The van der Waals surface area contributed by atoms with Crippen LogP contribution in [0.2, 0.25) is 5.02 Å². The van der Waals surface area contributed by atoms with E-state index in [1.54, 1.807) is 24.3 Å². The van der Waals surface area contributed by atoms with Gasteiger partial charge < -0.3 is 5.32 Å². The number of halogens is 4. The smallest absolute Gasteiger partial charge is 0.266 e. The number of rotatable bonds is 6. The van der Waals surface area contributed by atoms with E-state index in [1.165, 1.54) is 18.2 Å². The first kappa shape index (κ1) is 22.9. The fourth-order valence-corrected chi connectivity index (χ4v) is 4.10. The number of hydrogen-bond donors (Lipinski definition) is 1. The number of thioether (sulfide) groups is 1. The van der Waals surface area contributed by atoms with Crippen LogP contribution in [0, 0.1) is 17.5 Å². The van der Waals surface area contributed by atoms with Crippen molar-refractivity contribution in [2.75, 3.05) is 5.75 Å². The first-order valence-corrected chi connectivity index (χ1v) is 11.0. The van der Waals surface area contributed by atoms with E-state index >= 15 is 0 Å². The van der Waals surface area contributed by atoms with Gasteiger partial charge in [-0.25, -0.2) is 18.2 Å². The Morgan fingerprint density at radius 1 is 1.00 bits per heavy atom. The third kappa shape index (κ3) is 5.20. The van der Waals surface area contributed by atoms with Gasteiger partial charge in [-0.1, -0.05) is 35.5 Å². The predicted octanol–water partition coefficient (Wildman–Crippen LogP) is 4.86. The van der Waals surface area contributed by atoms with Crippen molar-refractivity contribution in [3.8, 4) is 5.69 Å². The topological polar surface area (TPSA) is 64.0 Å². The summed E-state index contributed by atoms with van der Waals surface area (Å²) in [6.45, 7) is 0.183. The zero-order valence-corrected chi connectivity index (χ0v) is 18.4. The molecule has 0 saturated carbocycles. The van der Waals surface area contributed by atoms with E-state index in [9.17, 15) is 22.8 Å². The second-order valence-corrected chi connectivity index (χ2v) is 8.36. The highest BCUT2D eigenvalue weighted by atomic mass is 35.5. The maximum atomic E-state index is 14.5. The van der Waals surface area contributed by atoms with Crippen LogP contribution in [0.5, 0.6) is 0 Å². The van der Waals surface area contributed by atoms with E-state index in [-0.39, 0.29) is 40.3 Å². The Morgan fingerprint density at radius 2 is 1.73 bits per heavy atom. The van der Waals surface area contributed by atoms with Crippen LogP contribution in [0.1, 0.15) is 5.56 Å². The van der Waals surface area contributed by atoms with Crippen LogP contribution >= 0.6 is 23.4 Å². The van der Waals surface area contributed by atoms with Crippen LogP contribution in [0.4, 0.5) is 13.2 Å². The van der Waals surface area contributed by atoms with Gasteiger partial charge in [-0.2, -0.15) is 0 Å². The lowest BCUT2D eigenvalue weighted by Crippen LogP contribution is -2.26. The Kier molecular flexibility index (Phi) is 6.71. The normalized spacial score (nSPS) is 11.0. The average molecular weight is 490 g/mol. The van der Waals surface area contributed by atoms with Gasteiger partial charge >= 0.3 is 0 Å². The molecule has 0 aliphatic heterocycles. The fraction of sp³-hybridized carbons (Fsp3) is 0.0870. The maximum Gasteiger partial charge on any atom is 0.266 e. The molecule has 5 nitrogen and oxygen atoms in total. The Labute approximate surface area is 195 Å². The zero-order valence-electron chi connectivity index (χ0n) is 16.8. The summed E-state index contributed by atoms with van der Waals surface area (Å²) >= 11 is 6.92. The van der Waals surface area contributed by atoms with Crippen molar-refractivity contribution in [3.05, 3.63) is 99.1 Å². The van der Waals surface area contributed by atoms with Gasteiger partial charge in [0.15, 0.2) is 5.16 Å². The minimum atomic E-state index is -0.956. The summed E-state index contributed by atoms with van der Waals surface area (Å²) in [4.78, 5) is 29.9. The summed E-state index contributed by atoms with van der Waals surface area (Å²) in [5.74, 6) is -2.63. The van der Waals surface area contributed by atoms with Crippen LogP contribution in [0.3, 0.4) is 0 Å². The second kappa shape index (κ2) is 9.68. The van der Waals surface area contributed by atoms with Crippen molar-refractivity contribution >= 4 is 40.2 Å². The summed E-state index contributed by atoms with van der Waals surface area (Å²) in [5, 5.41) is 3.19. The molecule has 1 aromatic heterocycles. The molecule has 0 bridgehead atoms. The quantitative estimate of drug-likeness (QED) is 0.310. The molecule has 0 saturated heterocycles. The summed E-state index contributed by atoms with van der Waals surface area (Å²) in [6.07, 6.45) is 0. The molecule has 0 spiro atoms. The van der Waals surface area contributed by atoms with Gasteiger partial charge in [0.05, 0.1) is 22.3 Å². The molecular formula is C23H15ClF3N3O2S. The van der Waals surface area contributed by atoms with E-state index in [0.717, 1.165) is 28.5 Å². The minimum absolute atomic E-state index is 0.0530. The molecule has 4 rings (SSSR count). The van der Waals surface area contributed by atoms with Gasteiger partial charge in [-0.05, 0) is 48.0 Å². The second-order valence-electron chi connectivity index (χ2n) is 6.98. The number of benzene rings is 3. The molecule has 0 aliphatic carbocycles. The summed E-state index contributed by atoms with van der Waals surface area (Å²) in [5.41, 5.74) is 0.213. The highest BCUT2D eigenvalue weighted by Crippen LogP contribution is 2.24. The number of amides is 1. The van der Waals surface area contributed by atoms with Gasteiger partial charge in [0, 0.05) is 17.6 Å². The maximum absolute atomic E-state index is 14.5. The van der Waals surface area contributed by atoms with Gasteiger partial charge in [0.1, 0.15) is 17.5 Å². The first-order chi connectivity index (χ1) is 15.8. The van der Waals surface area contributed by atoms with Gasteiger partial charge in [-0.3, -0.25) is 14.2 Å². The molecule has 0 radical (unpaired) electrons. The summed E-state index contributed by atoms with van der Waals surface area (Å²) in [7, 11) is 0. The highest BCUT2D eigenvalue weighted by molar-refractivity contribution is 7.99. The number of fused-ring (bicyclic) bond motifs is 1. The largest absolute Gasteiger partial charge is 0.351 e. The number of hydrogen-bond acceptors (Lipinski definition) is 4. The molecule has 10 heteroatoms. The van der Waals surface area contributed by atoms with E-state index in [0.29, 0.717) is 22.2 Å².